The van der Waals surface area contributed by atoms with Crippen LogP contribution in [0, 0.1) is 0 Å². The van der Waals surface area contributed by atoms with Gasteiger partial charge in [-0.3, -0.25) is 4.79 Å². The van der Waals surface area contributed by atoms with Crippen molar-refractivity contribution in [3.8, 4) is 0 Å². The molecule has 0 radical (unpaired) electrons. The molecule has 1 saturated heterocycles. The number of carbonyl (C=O) groups excluding carboxylic acids is 1. The maximum Gasteiger partial charge on any atom is 0.408 e. The fourth-order valence-electron chi connectivity index (χ4n) is 2.03. The van der Waals surface area contributed by atoms with Crippen molar-refractivity contribution in [2.24, 2.45) is 0 Å². The Hall–Kier alpha value is -0.910. The van der Waals surface area contributed by atoms with Crippen LogP contribution >= 0.6 is 11.8 Å². The van der Waals surface area contributed by atoms with Gasteiger partial charge in [-0.1, -0.05) is 6.92 Å². The number of nitrogens with one attached hydrogen (secondary N) is 1. The number of ether oxygens (including phenoxy) is 1. The van der Waals surface area contributed by atoms with Gasteiger partial charge in [0.25, 0.3) is 0 Å². The van der Waals surface area contributed by atoms with Crippen molar-refractivity contribution in [2.75, 3.05) is 5.75 Å². The van der Waals surface area contributed by atoms with E-state index in [0.29, 0.717) is 17.4 Å². The summed E-state index contributed by atoms with van der Waals surface area (Å²) in [7, 11) is 0. The lowest BCUT2D eigenvalue weighted by Crippen LogP contribution is -2.51. The number of carbonyl (C=O) groups is 2. The van der Waals surface area contributed by atoms with Gasteiger partial charge in [0.05, 0.1) is 12.0 Å². The number of hydrogen-bond donors (Lipinski definition) is 2. The Morgan fingerprint density at radius 1 is 1.50 bits per heavy atom. The average Bonchev–Trinajstić information content (AvgIpc) is 2.41. The van der Waals surface area contributed by atoms with Crippen LogP contribution in [0.2, 0.25) is 0 Å². The molecule has 0 aromatic heterocycles. The molecule has 6 heteroatoms. The van der Waals surface area contributed by atoms with Crippen LogP contribution in [0.4, 0.5) is 4.79 Å². The van der Waals surface area contributed by atoms with E-state index >= 15 is 0 Å². The summed E-state index contributed by atoms with van der Waals surface area (Å²) in [5.41, 5.74) is -1.26. The highest BCUT2D eigenvalue weighted by Gasteiger charge is 2.42. The monoisotopic (exact) mass is 275 g/mol. The fourth-order valence-corrected chi connectivity index (χ4v) is 3.37. The lowest BCUT2D eigenvalue weighted by molar-refractivity contribution is -0.138. The molecule has 1 heterocycles. The molecule has 1 amide bonds. The van der Waals surface area contributed by atoms with E-state index in [0.717, 1.165) is 0 Å². The highest BCUT2D eigenvalue weighted by Crippen LogP contribution is 2.36. The Labute approximate surface area is 112 Å². The molecule has 1 rings (SSSR count). The summed E-state index contributed by atoms with van der Waals surface area (Å²) in [4.78, 5) is 22.7. The summed E-state index contributed by atoms with van der Waals surface area (Å²) in [6.45, 7) is 7.37. The summed E-state index contributed by atoms with van der Waals surface area (Å²) in [5.74, 6) is -0.291. The topological polar surface area (TPSA) is 75.6 Å². The first kappa shape index (κ1) is 15.1. The van der Waals surface area contributed by atoms with E-state index < -0.39 is 23.2 Å². The molecule has 2 N–H and O–H groups in total. The van der Waals surface area contributed by atoms with E-state index in [-0.39, 0.29) is 6.42 Å². The van der Waals surface area contributed by atoms with Crippen LogP contribution < -0.4 is 5.32 Å². The lowest BCUT2D eigenvalue weighted by Gasteiger charge is -2.30. The van der Waals surface area contributed by atoms with Crippen molar-refractivity contribution < 1.29 is 19.4 Å². The van der Waals surface area contributed by atoms with E-state index in [1.54, 1.807) is 32.5 Å². The molecule has 104 valence electrons. The maximum absolute atomic E-state index is 11.8. The normalized spacial score (nSPS) is 27.9. The SMILES string of the molecule is CC1CC(CC(=O)O)(NC(=O)OC(C)(C)C)CS1. The largest absolute Gasteiger partial charge is 0.481 e. The second-order valence-electron chi connectivity index (χ2n) is 5.80. The Kier molecular flexibility index (Phi) is 4.53. The molecule has 1 aliphatic rings. The zero-order valence-electron chi connectivity index (χ0n) is 11.3. The third-order valence-electron chi connectivity index (χ3n) is 2.58. The Balaban J connectivity index is 2.68. The molecule has 2 unspecified atom stereocenters. The second-order valence-corrected chi connectivity index (χ2v) is 7.23. The van der Waals surface area contributed by atoms with E-state index in [4.69, 9.17) is 9.84 Å². The summed E-state index contributed by atoms with van der Waals surface area (Å²) < 4.78 is 5.19. The number of rotatable bonds is 3. The van der Waals surface area contributed by atoms with Gasteiger partial charge in [0.15, 0.2) is 0 Å². The fraction of sp³-hybridized carbons (Fsp3) is 0.833. The molecule has 1 aliphatic heterocycles. The van der Waals surface area contributed by atoms with Crippen molar-refractivity contribution in [1.82, 2.24) is 5.32 Å². The van der Waals surface area contributed by atoms with Crippen molar-refractivity contribution in [1.29, 1.82) is 0 Å². The van der Waals surface area contributed by atoms with E-state index in [2.05, 4.69) is 5.32 Å². The molecular weight excluding hydrogens is 254 g/mol. The third-order valence-corrected chi connectivity index (χ3v) is 4.03. The van der Waals surface area contributed by atoms with Gasteiger partial charge in [0, 0.05) is 11.0 Å². The third kappa shape index (κ3) is 4.76. The molecule has 0 aromatic rings. The summed E-state index contributed by atoms with van der Waals surface area (Å²) in [5, 5.41) is 12.1. The van der Waals surface area contributed by atoms with Crippen LogP contribution in [0.3, 0.4) is 0 Å². The number of aliphatic carboxylic acids is 1. The van der Waals surface area contributed by atoms with Crippen molar-refractivity contribution in [2.45, 2.75) is 56.9 Å². The number of thioether (sulfide) groups is 1. The van der Waals surface area contributed by atoms with E-state index in [9.17, 15) is 9.59 Å². The number of amides is 1. The number of hydrogen-bond acceptors (Lipinski definition) is 4. The van der Waals surface area contributed by atoms with Crippen LogP contribution in [0.1, 0.15) is 40.5 Å². The minimum Gasteiger partial charge on any atom is -0.481 e. The van der Waals surface area contributed by atoms with Gasteiger partial charge in [-0.15, -0.1) is 0 Å². The number of carboxylic acid groups (broad SMARTS) is 1. The second kappa shape index (κ2) is 5.38. The van der Waals surface area contributed by atoms with Crippen molar-refractivity contribution >= 4 is 23.8 Å². The predicted octanol–water partition coefficient (Wildman–Crippen LogP) is 2.25. The minimum atomic E-state index is -0.902. The highest BCUT2D eigenvalue weighted by atomic mass is 32.2. The first-order chi connectivity index (χ1) is 8.12. The molecule has 0 aromatic carbocycles. The minimum absolute atomic E-state index is 0.0659. The molecule has 2 atom stereocenters. The van der Waals surface area contributed by atoms with Crippen molar-refractivity contribution in [3.63, 3.8) is 0 Å². The Morgan fingerprint density at radius 3 is 2.50 bits per heavy atom. The molecule has 18 heavy (non-hydrogen) atoms. The van der Waals surface area contributed by atoms with Crippen LogP contribution in [0.25, 0.3) is 0 Å². The molecule has 5 nitrogen and oxygen atoms in total. The summed E-state index contributed by atoms with van der Waals surface area (Å²) in [6.07, 6.45) is 0.0470. The number of alkyl carbamates (subject to hydrolysis) is 1. The van der Waals surface area contributed by atoms with Crippen LogP contribution in [0.15, 0.2) is 0 Å². The molecule has 0 saturated carbocycles. The van der Waals surface area contributed by atoms with Crippen molar-refractivity contribution in [3.05, 3.63) is 0 Å². The van der Waals surface area contributed by atoms with Gasteiger partial charge in [0.2, 0.25) is 0 Å². The first-order valence-electron chi connectivity index (χ1n) is 5.96. The standard InChI is InChI=1S/C12H21NO4S/c1-8-5-12(7-18-8,6-9(14)15)13-10(16)17-11(2,3)4/h8H,5-7H2,1-4H3,(H,13,16)(H,14,15). The zero-order chi connectivity index (χ0) is 14.0. The smallest absolute Gasteiger partial charge is 0.408 e. The van der Waals surface area contributed by atoms with E-state index in [1.807, 2.05) is 6.92 Å². The molecule has 1 fully saturated rings. The average molecular weight is 275 g/mol. The Morgan fingerprint density at radius 2 is 2.11 bits per heavy atom. The van der Waals surface area contributed by atoms with Gasteiger partial charge < -0.3 is 15.2 Å². The van der Waals surface area contributed by atoms with Gasteiger partial charge in [0.1, 0.15) is 5.60 Å². The van der Waals surface area contributed by atoms with Crippen LogP contribution in [0.5, 0.6) is 0 Å². The molecule has 0 spiro atoms. The Bertz CT molecular complexity index is 339. The van der Waals surface area contributed by atoms with Gasteiger partial charge in [-0.25, -0.2) is 4.79 Å². The van der Waals surface area contributed by atoms with E-state index in [1.165, 1.54) is 0 Å². The van der Waals surface area contributed by atoms with Gasteiger partial charge in [-0.05, 0) is 27.2 Å². The van der Waals surface area contributed by atoms with Crippen LogP contribution in [-0.2, 0) is 9.53 Å². The summed E-state index contributed by atoms with van der Waals surface area (Å²) >= 11 is 1.67. The lowest BCUT2D eigenvalue weighted by atomic mass is 9.92. The molecule has 0 bridgehead atoms. The zero-order valence-corrected chi connectivity index (χ0v) is 12.1. The maximum atomic E-state index is 11.8. The van der Waals surface area contributed by atoms with Gasteiger partial charge in [-0.2, -0.15) is 11.8 Å². The molecule has 0 aliphatic carbocycles. The van der Waals surface area contributed by atoms with Gasteiger partial charge >= 0.3 is 12.1 Å². The molecular formula is C12H21NO4S. The first-order valence-corrected chi connectivity index (χ1v) is 7.01. The number of carboxylic acids is 1. The predicted molar refractivity (Wildman–Crippen MR) is 70.9 cm³/mol. The quantitative estimate of drug-likeness (QED) is 0.826. The van der Waals surface area contributed by atoms with Crippen LogP contribution in [-0.4, -0.2) is 39.3 Å². The summed E-state index contributed by atoms with van der Waals surface area (Å²) in [6, 6.07) is 0. The highest BCUT2D eigenvalue weighted by molar-refractivity contribution is 8.00.